The molecule has 92 valence electrons. The molecule has 3 aromatic rings. The average molecular weight is 262 g/mol. The molecule has 3 nitrogen and oxygen atoms in total. The summed E-state index contributed by atoms with van der Waals surface area (Å²) in [4.78, 5) is 0. The first-order valence-corrected chi connectivity index (χ1v) is 6.04. The molecule has 3 rings (SSSR count). The van der Waals surface area contributed by atoms with Gasteiger partial charge in [0.15, 0.2) is 0 Å². The van der Waals surface area contributed by atoms with Crippen molar-refractivity contribution in [3.05, 3.63) is 59.2 Å². The molecule has 1 N–H and O–H groups in total. The molecule has 0 aliphatic carbocycles. The molecule has 1 unspecified atom stereocenters. The summed E-state index contributed by atoms with van der Waals surface area (Å²) < 4.78 is 10.9. The molecule has 2 aromatic heterocycles. The third-order valence-electron chi connectivity index (χ3n) is 2.95. The van der Waals surface area contributed by atoms with Crippen molar-refractivity contribution in [2.24, 2.45) is 0 Å². The smallest absolute Gasteiger partial charge is 0.134 e. The standard InChI is InChI=1S/C14H12ClNO2/c1-16-14(9-4-5-17-8-9)13-7-10-6-11(15)2-3-12(10)18-13/h2-8,14,16H,1H3. The van der Waals surface area contributed by atoms with E-state index >= 15 is 0 Å². The second-order valence-electron chi connectivity index (χ2n) is 4.11. The number of rotatable bonds is 3. The Kier molecular flexibility index (Phi) is 2.86. The van der Waals surface area contributed by atoms with Crippen LogP contribution in [-0.4, -0.2) is 7.05 Å². The van der Waals surface area contributed by atoms with Crippen LogP contribution in [-0.2, 0) is 0 Å². The molecule has 4 heteroatoms. The minimum atomic E-state index is -0.0186. The van der Waals surface area contributed by atoms with Crippen molar-refractivity contribution in [3.63, 3.8) is 0 Å². The maximum Gasteiger partial charge on any atom is 0.134 e. The van der Waals surface area contributed by atoms with Crippen LogP contribution in [0.15, 0.2) is 51.7 Å². The van der Waals surface area contributed by atoms with Crippen molar-refractivity contribution in [2.45, 2.75) is 6.04 Å². The number of hydrogen-bond donors (Lipinski definition) is 1. The van der Waals surface area contributed by atoms with Gasteiger partial charge in [-0.3, -0.25) is 0 Å². The number of fused-ring (bicyclic) bond motifs is 1. The van der Waals surface area contributed by atoms with Crippen LogP contribution in [0.25, 0.3) is 11.0 Å². The Morgan fingerprint density at radius 1 is 1.22 bits per heavy atom. The molecule has 0 aliphatic rings. The summed E-state index contributed by atoms with van der Waals surface area (Å²) in [5.41, 5.74) is 1.86. The van der Waals surface area contributed by atoms with E-state index in [4.69, 9.17) is 20.4 Å². The van der Waals surface area contributed by atoms with E-state index in [9.17, 15) is 0 Å². The van der Waals surface area contributed by atoms with Gasteiger partial charge in [0, 0.05) is 16.0 Å². The van der Waals surface area contributed by atoms with E-state index in [1.165, 1.54) is 0 Å². The highest BCUT2D eigenvalue weighted by atomic mass is 35.5. The highest BCUT2D eigenvalue weighted by molar-refractivity contribution is 6.31. The SMILES string of the molecule is CNC(c1ccoc1)c1cc2cc(Cl)ccc2o1. The van der Waals surface area contributed by atoms with Crippen molar-refractivity contribution in [1.29, 1.82) is 0 Å². The fourth-order valence-electron chi connectivity index (χ4n) is 2.09. The van der Waals surface area contributed by atoms with Gasteiger partial charge in [-0.15, -0.1) is 0 Å². The lowest BCUT2D eigenvalue weighted by Gasteiger charge is -2.10. The molecule has 0 spiro atoms. The molecule has 1 atom stereocenters. The first-order chi connectivity index (χ1) is 8.78. The summed E-state index contributed by atoms with van der Waals surface area (Å²) >= 11 is 5.97. The summed E-state index contributed by atoms with van der Waals surface area (Å²) in [6, 6.07) is 9.49. The number of hydrogen-bond acceptors (Lipinski definition) is 3. The highest BCUT2D eigenvalue weighted by Gasteiger charge is 2.17. The van der Waals surface area contributed by atoms with Crippen molar-refractivity contribution in [3.8, 4) is 0 Å². The zero-order chi connectivity index (χ0) is 12.5. The van der Waals surface area contributed by atoms with Gasteiger partial charge in [-0.25, -0.2) is 0 Å². The maximum absolute atomic E-state index is 5.97. The zero-order valence-electron chi connectivity index (χ0n) is 9.81. The largest absolute Gasteiger partial charge is 0.472 e. The predicted octanol–water partition coefficient (Wildman–Crippen LogP) is 3.99. The minimum Gasteiger partial charge on any atom is -0.472 e. The minimum absolute atomic E-state index is 0.0186. The van der Waals surface area contributed by atoms with Gasteiger partial charge in [0.05, 0.1) is 18.6 Å². The Morgan fingerprint density at radius 2 is 2.11 bits per heavy atom. The fourth-order valence-corrected chi connectivity index (χ4v) is 2.27. The van der Waals surface area contributed by atoms with Gasteiger partial charge in [0.1, 0.15) is 11.3 Å². The lowest BCUT2D eigenvalue weighted by molar-refractivity contribution is 0.485. The molecule has 0 aliphatic heterocycles. The van der Waals surface area contributed by atoms with Gasteiger partial charge >= 0.3 is 0 Å². The summed E-state index contributed by atoms with van der Waals surface area (Å²) in [5, 5.41) is 4.92. The topological polar surface area (TPSA) is 38.3 Å². The van der Waals surface area contributed by atoms with E-state index in [1.807, 2.05) is 37.4 Å². The zero-order valence-corrected chi connectivity index (χ0v) is 10.6. The average Bonchev–Trinajstić information content (AvgIpc) is 2.98. The van der Waals surface area contributed by atoms with E-state index in [1.54, 1.807) is 12.5 Å². The Bertz CT molecular complexity index is 658. The van der Waals surface area contributed by atoms with Crippen LogP contribution in [0.5, 0.6) is 0 Å². The third kappa shape index (κ3) is 1.92. The van der Waals surface area contributed by atoms with Crippen LogP contribution in [0, 0.1) is 0 Å². The molecule has 0 radical (unpaired) electrons. The monoisotopic (exact) mass is 261 g/mol. The molecule has 18 heavy (non-hydrogen) atoms. The number of halogens is 1. The van der Waals surface area contributed by atoms with Gasteiger partial charge in [-0.05, 0) is 37.4 Å². The fraction of sp³-hybridized carbons (Fsp3) is 0.143. The van der Waals surface area contributed by atoms with Crippen LogP contribution >= 0.6 is 11.6 Å². The van der Waals surface area contributed by atoms with E-state index in [2.05, 4.69) is 5.32 Å². The quantitative estimate of drug-likeness (QED) is 0.775. The van der Waals surface area contributed by atoms with Crippen LogP contribution < -0.4 is 5.32 Å². The lowest BCUT2D eigenvalue weighted by atomic mass is 10.1. The molecule has 0 fully saturated rings. The molecule has 0 saturated heterocycles. The first kappa shape index (κ1) is 11.4. The number of benzene rings is 1. The van der Waals surface area contributed by atoms with E-state index in [0.29, 0.717) is 5.02 Å². The summed E-state index contributed by atoms with van der Waals surface area (Å²) in [6.45, 7) is 0. The number of furan rings is 2. The third-order valence-corrected chi connectivity index (χ3v) is 3.18. The molecule has 0 amide bonds. The predicted molar refractivity (Wildman–Crippen MR) is 70.8 cm³/mol. The van der Waals surface area contributed by atoms with Crippen molar-refractivity contribution in [2.75, 3.05) is 7.05 Å². The van der Waals surface area contributed by atoms with E-state index in [-0.39, 0.29) is 6.04 Å². The highest BCUT2D eigenvalue weighted by Crippen LogP contribution is 2.29. The maximum atomic E-state index is 5.97. The molecule has 1 aromatic carbocycles. The molecule has 0 saturated carbocycles. The molecule has 0 bridgehead atoms. The second-order valence-corrected chi connectivity index (χ2v) is 4.55. The van der Waals surface area contributed by atoms with Gasteiger partial charge in [-0.1, -0.05) is 11.6 Å². The van der Waals surface area contributed by atoms with Gasteiger partial charge < -0.3 is 14.2 Å². The Labute approximate surface area is 109 Å². The molecule has 2 heterocycles. The van der Waals surface area contributed by atoms with Crippen molar-refractivity contribution >= 4 is 22.6 Å². The van der Waals surface area contributed by atoms with E-state index < -0.39 is 0 Å². The summed E-state index contributed by atoms with van der Waals surface area (Å²) in [6.07, 6.45) is 3.36. The molecular formula is C14H12ClNO2. The van der Waals surface area contributed by atoms with Gasteiger partial charge in [-0.2, -0.15) is 0 Å². The summed E-state index contributed by atoms with van der Waals surface area (Å²) in [5.74, 6) is 0.844. The van der Waals surface area contributed by atoms with Crippen molar-refractivity contribution in [1.82, 2.24) is 5.32 Å². The molecular weight excluding hydrogens is 250 g/mol. The summed E-state index contributed by atoms with van der Waals surface area (Å²) in [7, 11) is 1.89. The first-order valence-electron chi connectivity index (χ1n) is 5.66. The lowest BCUT2D eigenvalue weighted by Crippen LogP contribution is -2.16. The Hall–Kier alpha value is -1.71. The Balaban J connectivity index is 2.07. The van der Waals surface area contributed by atoms with Gasteiger partial charge in [0.25, 0.3) is 0 Å². The Morgan fingerprint density at radius 3 is 2.83 bits per heavy atom. The normalized spacial score (nSPS) is 13.0. The van der Waals surface area contributed by atoms with Crippen LogP contribution in [0.3, 0.4) is 0 Å². The van der Waals surface area contributed by atoms with Crippen LogP contribution in [0.4, 0.5) is 0 Å². The van der Waals surface area contributed by atoms with Gasteiger partial charge in [0.2, 0.25) is 0 Å². The van der Waals surface area contributed by atoms with Crippen LogP contribution in [0.1, 0.15) is 17.4 Å². The van der Waals surface area contributed by atoms with Crippen molar-refractivity contribution < 1.29 is 8.83 Å². The number of nitrogens with one attached hydrogen (secondary N) is 1. The second kappa shape index (κ2) is 4.52. The van der Waals surface area contributed by atoms with Crippen LogP contribution in [0.2, 0.25) is 5.02 Å². The van der Waals surface area contributed by atoms with E-state index in [0.717, 1.165) is 22.3 Å².